The van der Waals surface area contributed by atoms with Gasteiger partial charge in [0, 0.05) is 44.7 Å². The van der Waals surface area contributed by atoms with Gasteiger partial charge >= 0.3 is 0 Å². The molecule has 3 rings (SSSR count). The molecule has 2 aliphatic rings. The van der Waals surface area contributed by atoms with Gasteiger partial charge in [-0.2, -0.15) is 0 Å². The Hall–Kier alpha value is -2.12. The summed E-state index contributed by atoms with van der Waals surface area (Å²) in [6, 6.07) is 7.21. The van der Waals surface area contributed by atoms with Gasteiger partial charge < -0.3 is 20.1 Å². The second-order valence-corrected chi connectivity index (χ2v) is 7.28. The minimum atomic E-state index is -0.713. The Labute approximate surface area is 153 Å². The number of nitrogens with one attached hydrogen (secondary N) is 1. The Bertz CT molecular complexity index is 663. The van der Waals surface area contributed by atoms with E-state index in [9.17, 15) is 14.7 Å². The molecule has 0 aromatic heterocycles. The lowest BCUT2D eigenvalue weighted by molar-refractivity contribution is -0.146. The number of ether oxygens (including phenoxy) is 1. The number of anilines is 1. The highest BCUT2D eigenvalue weighted by Crippen LogP contribution is 2.35. The monoisotopic (exact) mass is 361 g/mol. The van der Waals surface area contributed by atoms with Crippen molar-refractivity contribution in [3.63, 3.8) is 0 Å². The average molecular weight is 361 g/mol. The Morgan fingerprint density at radius 1 is 1.23 bits per heavy atom. The van der Waals surface area contributed by atoms with Crippen LogP contribution in [0.4, 0.5) is 5.69 Å². The molecule has 0 unspecified atom stereocenters. The molecule has 2 heterocycles. The third-order valence-corrected chi connectivity index (χ3v) is 5.54. The van der Waals surface area contributed by atoms with Crippen molar-refractivity contribution in [3.8, 4) is 5.75 Å². The van der Waals surface area contributed by atoms with Gasteiger partial charge in [-0.1, -0.05) is 0 Å². The molecule has 7 heteroatoms. The maximum absolute atomic E-state index is 12.3. The van der Waals surface area contributed by atoms with Gasteiger partial charge in [0.1, 0.15) is 5.75 Å². The van der Waals surface area contributed by atoms with Crippen LogP contribution in [-0.4, -0.2) is 72.2 Å². The predicted octanol–water partition coefficient (Wildman–Crippen LogP) is 0.939. The van der Waals surface area contributed by atoms with E-state index in [2.05, 4.69) is 10.2 Å². The largest absolute Gasteiger partial charge is 0.497 e. The first kappa shape index (κ1) is 18.7. The summed E-state index contributed by atoms with van der Waals surface area (Å²) < 4.78 is 5.11. The maximum Gasteiger partial charge on any atom is 0.238 e. The van der Waals surface area contributed by atoms with Crippen LogP contribution in [0.15, 0.2) is 24.3 Å². The number of aliphatic hydroxyl groups is 1. The molecule has 2 aliphatic heterocycles. The molecule has 0 radical (unpaired) electrons. The summed E-state index contributed by atoms with van der Waals surface area (Å²) in [7, 11) is 1.60. The van der Waals surface area contributed by atoms with E-state index in [4.69, 9.17) is 4.74 Å². The fourth-order valence-electron chi connectivity index (χ4n) is 3.88. The Balaban J connectivity index is 1.55. The Morgan fingerprint density at radius 2 is 1.92 bits per heavy atom. The van der Waals surface area contributed by atoms with E-state index in [1.165, 1.54) is 0 Å². The summed E-state index contributed by atoms with van der Waals surface area (Å²) >= 11 is 0. The molecule has 0 spiro atoms. The van der Waals surface area contributed by atoms with Gasteiger partial charge in [0.2, 0.25) is 11.8 Å². The third-order valence-electron chi connectivity index (χ3n) is 5.54. The van der Waals surface area contributed by atoms with Gasteiger partial charge in [0.15, 0.2) is 0 Å². The fraction of sp³-hybridized carbons (Fsp3) is 0.579. The second-order valence-electron chi connectivity index (χ2n) is 7.28. The molecule has 0 aliphatic carbocycles. The molecule has 2 atom stereocenters. The topological polar surface area (TPSA) is 82.1 Å². The molecule has 142 valence electrons. The number of amides is 2. The van der Waals surface area contributed by atoms with E-state index in [-0.39, 0.29) is 24.3 Å². The van der Waals surface area contributed by atoms with Crippen molar-refractivity contribution in [2.75, 3.05) is 45.2 Å². The lowest BCUT2D eigenvalue weighted by Gasteiger charge is -2.50. The normalized spacial score (nSPS) is 26.1. The number of fused-ring (bicyclic) bond motifs is 1. The van der Waals surface area contributed by atoms with Crippen LogP contribution in [0.5, 0.6) is 5.75 Å². The fourth-order valence-corrected chi connectivity index (χ4v) is 3.88. The van der Waals surface area contributed by atoms with Gasteiger partial charge in [-0.3, -0.25) is 14.5 Å². The number of benzene rings is 1. The highest BCUT2D eigenvalue weighted by molar-refractivity contribution is 5.92. The number of nitrogens with zero attached hydrogens (tertiary/aromatic N) is 2. The number of carbonyl (C=O) groups excluding carboxylic acids is 2. The molecule has 0 saturated carbocycles. The highest BCUT2D eigenvalue weighted by atomic mass is 16.5. The number of likely N-dealkylation sites (tertiary alicyclic amines) is 2. The van der Waals surface area contributed by atoms with E-state index in [1.807, 2.05) is 0 Å². The number of rotatable bonds is 4. The molecule has 2 amide bonds. The first-order chi connectivity index (χ1) is 12.4. The van der Waals surface area contributed by atoms with Crippen LogP contribution >= 0.6 is 0 Å². The lowest BCUT2D eigenvalue weighted by Crippen LogP contribution is -2.61. The SMILES string of the molecule is COc1ccc(NC(=O)CN2CC[C@]3(O)CCN(C(C)=O)C[C@@H]3C2)cc1. The van der Waals surface area contributed by atoms with Crippen molar-refractivity contribution in [1.29, 1.82) is 0 Å². The van der Waals surface area contributed by atoms with Crippen LogP contribution in [0, 0.1) is 5.92 Å². The van der Waals surface area contributed by atoms with Gasteiger partial charge in [-0.25, -0.2) is 0 Å². The molecule has 2 N–H and O–H groups in total. The molecular formula is C19H27N3O4. The zero-order chi connectivity index (χ0) is 18.7. The highest BCUT2D eigenvalue weighted by Gasteiger charge is 2.45. The second kappa shape index (κ2) is 7.63. The molecule has 0 bridgehead atoms. The number of methoxy groups -OCH3 is 1. The van der Waals surface area contributed by atoms with Gasteiger partial charge in [-0.05, 0) is 37.1 Å². The van der Waals surface area contributed by atoms with Crippen molar-refractivity contribution in [1.82, 2.24) is 9.80 Å². The summed E-state index contributed by atoms with van der Waals surface area (Å²) in [6.45, 7) is 4.31. The Kier molecular flexibility index (Phi) is 5.48. The standard InChI is InChI=1S/C19H27N3O4/c1-14(23)22-10-8-19(25)7-9-21(11-15(19)12-22)13-18(24)20-16-3-5-17(26-2)6-4-16/h3-6,15,25H,7-13H2,1-2H3,(H,20,24)/t15-,19-/m0/s1. The third kappa shape index (κ3) is 4.16. The summed E-state index contributed by atoms with van der Waals surface area (Å²) in [5.74, 6) is 0.689. The summed E-state index contributed by atoms with van der Waals surface area (Å²) in [4.78, 5) is 27.8. The quantitative estimate of drug-likeness (QED) is 0.834. The average Bonchev–Trinajstić information content (AvgIpc) is 2.62. The van der Waals surface area contributed by atoms with Crippen LogP contribution in [0.25, 0.3) is 0 Å². The van der Waals surface area contributed by atoms with E-state index >= 15 is 0 Å². The van der Waals surface area contributed by atoms with Crippen molar-refractivity contribution >= 4 is 17.5 Å². The van der Waals surface area contributed by atoms with Crippen molar-refractivity contribution < 1.29 is 19.4 Å². The molecule has 26 heavy (non-hydrogen) atoms. The van der Waals surface area contributed by atoms with Crippen LogP contribution in [0.2, 0.25) is 0 Å². The molecule has 7 nitrogen and oxygen atoms in total. The smallest absolute Gasteiger partial charge is 0.238 e. The molecule has 2 saturated heterocycles. The van der Waals surface area contributed by atoms with Crippen molar-refractivity contribution in [3.05, 3.63) is 24.3 Å². The molecule has 2 fully saturated rings. The first-order valence-corrected chi connectivity index (χ1v) is 9.04. The zero-order valence-electron chi connectivity index (χ0n) is 15.4. The van der Waals surface area contributed by atoms with Crippen molar-refractivity contribution in [2.24, 2.45) is 5.92 Å². The minimum Gasteiger partial charge on any atom is -0.497 e. The maximum atomic E-state index is 12.3. The molecule has 1 aromatic carbocycles. The summed E-state index contributed by atoms with van der Waals surface area (Å²) in [5, 5.41) is 13.7. The number of hydrogen-bond acceptors (Lipinski definition) is 5. The summed E-state index contributed by atoms with van der Waals surface area (Å²) in [6.07, 6.45) is 1.25. The number of carbonyl (C=O) groups is 2. The van der Waals surface area contributed by atoms with E-state index in [1.54, 1.807) is 43.2 Å². The van der Waals surface area contributed by atoms with Crippen LogP contribution in [-0.2, 0) is 9.59 Å². The predicted molar refractivity (Wildman–Crippen MR) is 98.0 cm³/mol. The van der Waals surface area contributed by atoms with Gasteiger partial charge in [0.25, 0.3) is 0 Å². The molecule has 1 aromatic rings. The van der Waals surface area contributed by atoms with Crippen molar-refractivity contribution in [2.45, 2.75) is 25.4 Å². The van der Waals surface area contributed by atoms with Crippen LogP contribution in [0.1, 0.15) is 19.8 Å². The molecular weight excluding hydrogens is 334 g/mol. The number of hydrogen-bond donors (Lipinski definition) is 2. The van der Waals surface area contributed by atoms with E-state index < -0.39 is 5.60 Å². The van der Waals surface area contributed by atoms with E-state index in [0.29, 0.717) is 39.0 Å². The van der Waals surface area contributed by atoms with Crippen LogP contribution < -0.4 is 10.1 Å². The first-order valence-electron chi connectivity index (χ1n) is 9.04. The van der Waals surface area contributed by atoms with E-state index in [0.717, 1.165) is 11.4 Å². The van der Waals surface area contributed by atoms with Crippen LogP contribution in [0.3, 0.4) is 0 Å². The summed E-state index contributed by atoms with van der Waals surface area (Å²) in [5.41, 5.74) is 0.0132. The van der Waals surface area contributed by atoms with Gasteiger partial charge in [-0.15, -0.1) is 0 Å². The van der Waals surface area contributed by atoms with Gasteiger partial charge in [0.05, 0.1) is 19.3 Å². The Morgan fingerprint density at radius 3 is 2.58 bits per heavy atom. The lowest BCUT2D eigenvalue weighted by atomic mass is 9.75. The zero-order valence-corrected chi connectivity index (χ0v) is 15.4. The number of piperidine rings is 2. The minimum absolute atomic E-state index is 0.0114.